The first-order valence-corrected chi connectivity index (χ1v) is 16.0. The van der Waals surface area contributed by atoms with Gasteiger partial charge in [0.15, 0.2) is 0 Å². The van der Waals surface area contributed by atoms with E-state index in [1.807, 2.05) is 37.3 Å². The molecular formula is C30H40F3N3O4S. The van der Waals surface area contributed by atoms with Crippen LogP contribution in [0.1, 0.15) is 69.4 Å². The number of hydrogen-bond donors (Lipinski definition) is 1. The SMILES string of the molecule is CC[C@@H](C(=O)NC1CCCCC1)N(CCc1ccccc1)C(=O)CCCN(c1cccc(C(F)(F)F)c1)S(C)(=O)=O. The third-order valence-electron chi connectivity index (χ3n) is 7.44. The molecule has 0 spiro atoms. The van der Waals surface area contributed by atoms with Crippen molar-refractivity contribution in [3.8, 4) is 0 Å². The van der Waals surface area contributed by atoms with Crippen LogP contribution in [0.5, 0.6) is 0 Å². The molecule has 7 nitrogen and oxygen atoms in total. The standard InChI is InChI=1S/C30H40F3N3O4S/c1-3-27(29(38)34-25-15-8-5-9-16-25)35(21-19-23-12-6-4-7-13-23)28(37)18-11-20-36(41(2,39)40)26-17-10-14-24(22-26)30(31,32)33/h4,6-7,10,12-14,17,22,25,27H,3,5,8-9,11,15-16,18-21H2,1-2H3,(H,34,38)/t27-/m0/s1. The maximum atomic E-state index is 13.5. The van der Waals surface area contributed by atoms with E-state index >= 15 is 0 Å². The Hall–Kier alpha value is -3.08. The highest BCUT2D eigenvalue weighted by Crippen LogP contribution is 2.32. The van der Waals surface area contributed by atoms with Gasteiger partial charge in [0.2, 0.25) is 21.8 Å². The van der Waals surface area contributed by atoms with E-state index < -0.39 is 27.8 Å². The van der Waals surface area contributed by atoms with Gasteiger partial charge in [-0.15, -0.1) is 0 Å². The zero-order valence-electron chi connectivity index (χ0n) is 23.7. The topological polar surface area (TPSA) is 86.8 Å². The molecule has 0 radical (unpaired) electrons. The van der Waals surface area contributed by atoms with Crippen molar-refractivity contribution >= 4 is 27.5 Å². The number of hydrogen-bond acceptors (Lipinski definition) is 4. The van der Waals surface area contributed by atoms with Gasteiger partial charge in [0.25, 0.3) is 0 Å². The molecule has 0 heterocycles. The molecule has 2 amide bonds. The van der Waals surface area contributed by atoms with Gasteiger partial charge < -0.3 is 10.2 Å². The highest BCUT2D eigenvalue weighted by molar-refractivity contribution is 7.92. The molecule has 1 N–H and O–H groups in total. The Kier molecular flexibility index (Phi) is 11.6. The van der Waals surface area contributed by atoms with Crippen molar-refractivity contribution < 1.29 is 31.2 Å². The zero-order valence-corrected chi connectivity index (χ0v) is 24.5. The number of amides is 2. The van der Waals surface area contributed by atoms with Gasteiger partial charge in [-0.3, -0.25) is 13.9 Å². The second-order valence-electron chi connectivity index (χ2n) is 10.6. The zero-order chi connectivity index (χ0) is 30.0. The van der Waals surface area contributed by atoms with E-state index in [2.05, 4.69) is 5.32 Å². The van der Waals surface area contributed by atoms with Gasteiger partial charge in [-0.1, -0.05) is 62.6 Å². The summed E-state index contributed by atoms with van der Waals surface area (Å²) in [6.45, 7) is 1.99. The van der Waals surface area contributed by atoms with Gasteiger partial charge in [0.05, 0.1) is 17.5 Å². The maximum absolute atomic E-state index is 13.5. The molecule has 1 aliphatic carbocycles. The van der Waals surface area contributed by atoms with Gasteiger partial charge in [0.1, 0.15) is 6.04 Å². The number of carbonyl (C=O) groups is 2. The lowest BCUT2D eigenvalue weighted by atomic mass is 9.95. The number of carbonyl (C=O) groups excluding carboxylic acids is 2. The molecule has 0 aliphatic heterocycles. The van der Waals surface area contributed by atoms with Crippen LogP contribution in [0.4, 0.5) is 18.9 Å². The molecule has 3 rings (SSSR count). The highest BCUT2D eigenvalue weighted by Gasteiger charge is 2.32. The molecule has 11 heteroatoms. The highest BCUT2D eigenvalue weighted by atomic mass is 32.2. The van der Waals surface area contributed by atoms with E-state index in [1.54, 1.807) is 4.90 Å². The molecular weight excluding hydrogens is 555 g/mol. The predicted octanol–water partition coefficient (Wildman–Crippen LogP) is 5.55. The molecule has 1 fully saturated rings. The van der Waals surface area contributed by atoms with Crippen LogP contribution in [-0.2, 0) is 32.2 Å². The third kappa shape index (κ3) is 9.76. The minimum absolute atomic E-state index is 0.0625. The number of benzene rings is 2. The molecule has 0 unspecified atom stereocenters. The molecule has 0 saturated heterocycles. The molecule has 0 aromatic heterocycles. The largest absolute Gasteiger partial charge is 0.416 e. The van der Waals surface area contributed by atoms with Gasteiger partial charge in [0, 0.05) is 25.6 Å². The Balaban J connectivity index is 1.74. The second-order valence-corrected chi connectivity index (χ2v) is 12.5. The Morgan fingerprint density at radius 3 is 2.29 bits per heavy atom. The summed E-state index contributed by atoms with van der Waals surface area (Å²) >= 11 is 0. The number of rotatable bonds is 13. The summed E-state index contributed by atoms with van der Waals surface area (Å²) in [5.41, 5.74) is -0.0591. The van der Waals surface area contributed by atoms with Crippen molar-refractivity contribution in [3.63, 3.8) is 0 Å². The first-order chi connectivity index (χ1) is 19.4. The molecule has 2 aromatic rings. The van der Waals surface area contributed by atoms with Crippen molar-refractivity contribution in [2.24, 2.45) is 0 Å². The molecule has 41 heavy (non-hydrogen) atoms. The summed E-state index contributed by atoms with van der Waals surface area (Å²) < 4.78 is 65.6. The van der Waals surface area contributed by atoms with Crippen LogP contribution >= 0.6 is 0 Å². The van der Waals surface area contributed by atoms with Crippen molar-refractivity contribution in [2.75, 3.05) is 23.7 Å². The number of halogens is 3. The number of sulfonamides is 1. The summed E-state index contributed by atoms with van der Waals surface area (Å²) in [5, 5.41) is 3.12. The predicted molar refractivity (Wildman–Crippen MR) is 154 cm³/mol. The fourth-order valence-electron chi connectivity index (χ4n) is 5.28. The first-order valence-electron chi connectivity index (χ1n) is 14.2. The van der Waals surface area contributed by atoms with Crippen LogP contribution in [0.15, 0.2) is 54.6 Å². The lowest BCUT2D eigenvalue weighted by Gasteiger charge is -2.33. The summed E-state index contributed by atoms with van der Waals surface area (Å²) in [5.74, 6) is -0.494. The van der Waals surface area contributed by atoms with Gasteiger partial charge in [-0.05, 0) is 55.9 Å². The van der Waals surface area contributed by atoms with Crippen LogP contribution in [0.3, 0.4) is 0 Å². The molecule has 1 saturated carbocycles. The number of nitrogens with one attached hydrogen (secondary N) is 1. The Morgan fingerprint density at radius 1 is 1.00 bits per heavy atom. The summed E-state index contributed by atoms with van der Waals surface area (Å²) in [7, 11) is -3.92. The van der Waals surface area contributed by atoms with Crippen LogP contribution in [-0.4, -0.2) is 56.6 Å². The van der Waals surface area contributed by atoms with E-state index in [0.717, 1.165) is 66.4 Å². The number of anilines is 1. The minimum Gasteiger partial charge on any atom is -0.352 e. The van der Waals surface area contributed by atoms with Gasteiger partial charge >= 0.3 is 6.18 Å². The smallest absolute Gasteiger partial charge is 0.352 e. The van der Waals surface area contributed by atoms with Crippen molar-refractivity contribution in [2.45, 2.75) is 83.0 Å². The molecule has 226 valence electrons. The normalized spacial score (nSPS) is 15.2. The molecule has 1 aliphatic rings. The summed E-state index contributed by atoms with van der Waals surface area (Å²) in [6, 6.07) is 13.1. The van der Waals surface area contributed by atoms with Crippen molar-refractivity contribution in [1.82, 2.24) is 10.2 Å². The maximum Gasteiger partial charge on any atom is 0.416 e. The monoisotopic (exact) mass is 595 g/mol. The lowest BCUT2D eigenvalue weighted by Crippen LogP contribution is -2.52. The third-order valence-corrected chi connectivity index (χ3v) is 8.63. The lowest BCUT2D eigenvalue weighted by molar-refractivity contribution is -0.141. The van der Waals surface area contributed by atoms with Crippen molar-refractivity contribution in [1.29, 1.82) is 0 Å². The average molecular weight is 596 g/mol. The van der Waals surface area contributed by atoms with Crippen LogP contribution < -0.4 is 9.62 Å². The molecule has 1 atom stereocenters. The summed E-state index contributed by atoms with van der Waals surface area (Å²) in [4.78, 5) is 28.4. The fourth-order valence-corrected chi connectivity index (χ4v) is 6.24. The van der Waals surface area contributed by atoms with Crippen LogP contribution in [0, 0.1) is 0 Å². The summed E-state index contributed by atoms with van der Waals surface area (Å²) in [6.07, 6.45) is 2.36. The van der Waals surface area contributed by atoms with Gasteiger partial charge in [-0.2, -0.15) is 13.2 Å². The van der Waals surface area contributed by atoms with E-state index in [9.17, 15) is 31.2 Å². The Bertz CT molecular complexity index is 1250. The number of alkyl halides is 3. The average Bonchev–Trinajstić information content (AvgIpc) is 2.93. The minimum atomic E-state index is -4.62. The Morgan fingerprint density at radius 2 is 1.68 bits per heavy atom. The van der Waals surface area contributed by atoms with E-state index in [1.165, 1.54) is 6.07 Å². The second kappa shape index (κ2) is 14.7. The van der Waals surface area contributed by atoms with Crippen molar-refractivity contribution in [3.05, 3.63) is 65.7 Å². The Labute approximate surface area is 241 Å². The molecule has 0 bridgehead atoms. The fraction of sp³-hybridized carbons (Fsp3) is 0.533. The quantitative estimate of drug-likeness (QED) is 0.329. The van der Waals surface area contributed by atoms with Crippen LogP contribution in [0.2, 0.25) is 0 Å². The van der Waals surface area contributed by atoms with E-state index in [4.69, 9.17) is 0 Å². The first kappa shape index (κ1) is 32.4. The van der Waals surface area contributed by atoms with Crippen LogP contribution in [0.25, 0.3) is 0 Å². The van der Waals surface area contributed by atoms with E-state index in [-0.39, 0.29) is 42.9 Å². The van der Waals surface area contributed by atoms with Gasteiger partial charge in [-0.25, -0.2) is 8.42 Å². The number of nitrogens with zero attached hydrogens (tertiary/aromatic N) is 2. The van der Waals surface area contributed by atoms with E-state index in [0.29, 0.717) is 19.4 Å². The molecule has 2 aromatic carbocycles.